The van der Waals surface area contributed by atoms with Crippen LogP contribution in [0.1, 0.15) is 58.2 Å². The van der Waals surface area contributed by atoms with Crippen molar-refractivity contribution >= 4 is 11.0 Å². The Kier molecular flexibility index (Phi) is 5.34. The minimum Gasteiger partial charge on any atom is -0.328 e. The first kappa shape index (κ1) is 16.0. The lowest BCUT2D eigenvalue weighted by Crippen LogP contribution is -2.15. The summed E-state index contributed by atoms with van der Waals surface area (Å²) in [5.74, 6) is 1.09. The van der Waals surface area contributed by atoms with E-state index >= 15 is 0 Å². The highest BCUT2D eigenvalue weighted by molar-refractivity contribution is 5.76. The lowest BCUT2D eigenvalue weighted by atomic mass is 10.0. The van der Waals surface area contributed by atoms with Crippen LogP contribution in [-0.2, 0) is 6.54 Å². The van der Waals surface area contributed by atoms with E-state index in [9.17, 15) is 4.39 Å². The highest BCUT2D eigenvalue weighted by atomic mass is 19.1. The molecule has 0 aliphatic rings. The Morgan fingerprint density at radius 1 is 1.29 bits per heavy atom. The molecule has 0 saturated carbocycles. The van der Waals surface area contributed by atoms with E-state index in [-0.39, 0.29) is 11.9 Å². The molecule has 0 radical (unpaired) electrons. The van der Waals surface area contributed by atoms with Crippen molar-refractivity contribution in [2.45, 2.75) is 65.0 Å². The van der Waals surface area contributed by atoms with Gasteiger partial charge in [-0.15, -0.1) is 0 Å². The summed E-state index contributed by atoms with van der Waals surface area (Å²) in [4.78, 5) is 4.59. The van der Waals surface area contributed by atoms with E-state index in [0.29, 0.717) is 11.4 Å². The fraction of sp³-hybridized carbons (Fsp3) is 0.588. The average Bonchev–Trinajstić information content (AvgIpc) is 2.79. The van der Waals surface area contributed by atoms with Gasteiger partial charge in [-0.3, -0.25) is 0 Å². The number of nitrogens with zero attached hydrogens (tertiary/aromatic N) is 2. The second kappa shape index (κ2) is 7.03. The van der Waals surface area contributed by atoms with Gasteiger partial charge >= 0.3 is 0 Å². The number of benzene rings is 1. The Morgan fingerprint density at radius 3 is 2.71 bits per heavy atom. The summed E-state index contributed by atoms with van der Waals surface area (Å²) in [5.41, 5.74) is 7.21. The van der Waals surface area contributed by atoms with Crippen LogP contribution in [-0.4, -0.2) is 15.6 Å². The zero-order valence-corrected chi connectivity index (χ0v) is 13.3. The van der Waals surface area contributed by atoms with Crippen molar-refractivity contribution in [2.75, 3.05) is 0 Å². The number of aromatic nitrogens is 2. The fourth-order valence-electron chi connectivity index (χ4n) is 2.84. The van der Waals surface area contributed by atoms with E-state index in [4.69, 9.17) is 5.73 Å². The van der Waals surface area contributed by atoms with Crippen molar-refractivity contribution in [3.63, 3.8) is 0 Å². The van der Waals surface area contributed by atoms with Gasteiger partial charge in [-0.2, -0.15) is 0 Å². The highest BCUT2D eigenvalue weighted by Crippen LogP contribution is 2.27. The molecule has 0 fully saturated rings. The number of aryl methyl sites for hydroxylation is 1. The number of hydrogen-bond donors (Lipinski definition) is 1. The van der Waals surface area contributed by atoms with Gasteiger partial charge < -0.3 is 10.3 Å². The Labute approximate surface area is 126 Å². The van der Waals surface area contributed by atoms with Gasteiger partial charge in [0.05, 0.1) is 5.52 Å². The average molecular weight is 291 g/mol. The number of halogens is 1. The Balaban J connectivity index is 2.29. The van der Waals surface area contributed by atoms with Gasteiger partial charge in [-0.1, -0.05) is 26.3 Å². The quantitative estimate of drug-likeness (QED) is 0.830. The number of rotatable bonds is 7. The molecule has 2 atom stereocenters. The second-order valence-corrected chi connectivity index (χ2v) is 6.04. The Bertz CT molecular complexity index is 589. The molecule has 2 rings (SSSR count). The summed E-state index contributed by atoms with van der Waals surface area (Å²) in [6.45, 7) is 7.22. The number of fused-ring (bicyclic) bond motifs is 1. The van der Waals surface area contributed by atoms with Gasteiger partial charge in [0.15, 0.2) is 5.82 Å². The van der Waals surface area contributed by atoms with Gasteiger partial charge in [0.25, 0.3) is 0 Å². The molecule has 3 nitrogen and oxygen atoms in total. The fourth-order valence-corrected chi connectivity index (χ4v) is 2.84. The molecule has 0 amide bonds. The van der Waals surface area contributed by atoms with E-state index in [1.165, 1.54) is 6.07 Å². The molecule has 1 aromatic heterocycles. The lowest BCUT2D eigenvalue weighted by molar-refractivity contribution is 0.522. The van der Waals surface area contributed by atoms with Crippen LogP contribution >= 0.6 is 0 Å². The van der Waals surface area contributed by atoms with Gasteiger partial charge in [0.2, 0.25) is 0 Å². The topological polar surface area (TPSA) is 43.8 Å². The normalized spacial score (nSPS) is 14.5. The van der Waals surface area contributed by atoms with E-state index < -0.39 is 0 Å². The zero-order chi connectivity index (χ0) is 15.4. The van der Waals surface area contributed by atoms with Crippen molar-refractivity contribution in [3.05, 3.63) is 29.8 Å². The summed E-state index contributed by atoms with van der Waals surface area (Å²) in [7, 11) is 0. The number of hydrogen-bond acceptors (Lipinski definition) is 2. The van der Waals surface area contributed by atoms with Crippen LogP contribution in [0, 0.1) is 5.82 Å². The summed E-state index contributed by atoms with van der Waals surface area (Å²) >= 11 is 0. The minimum absolute atomic E-state index is 0.230. The van der Waals surface area contributed by atoms with Gasteiger partial charge in [-0.25, -0.2) is 9.37 Å². The predicted octanol–water partition coefficient (Wildman–Crippen LogP) is 4.21. The largest absolute Gasteiger partial charge is 0.328 e. The van der Waals surface area contributed by atoms with Gasteiger partial charge in [-0.05, 0) is 38.3 Å². The summed E-state index contributed by atoms with van der Waals surface area (Å²) < 4.78 is 16.1. The Morgan fingerprint density at radius 2 is 2.05 bits per heavy atom. The maximum Gasteiger partial charge on any atom is 0.151 e. The van der Waals surface area contributed by atoms with E-state index in [0.717, 1.165) is 43.6 Å². The van der Waals surface area contributed by atoms with E-state index in [2.05, 4.69) is 23.4 Å². The van der Waals surface area contributed by atoms with Crippen LogP contribution in [0.5, 0.6) is 0 Å². The van der Waals surface area contributed by atoms with Crippen LogP contribution in [0.15, 0.2) is 18.2 Å². The Hall–Kier alpha value is -1.42. The smallest absolute Gasteiger partial charge is 0.151 e. The summed E-state index contributed by atoms with van der Waals surface area (Å²) in [6.07, 6.45) is 4.15. The predicted molar refractivity (Wildman–Crippen MR) is 85.9 cm³/mol. The zero-order valence-electron chi connectivity index (χ0n) is 13.3. The van der Waals surface area contributed by atoms with Crippen molar-refractivity contribution < 1.29 is 4.39 Å². The molecule has 0 spiro atoms. The van der Waals surface area contributed by atoms with E-state index in [1.54, 1.807) is 6.07 Å². The third kappa shape index (κ3) is 3.62. The first-order valence-corrected chi connectivity index (χ1v) is 7.94. The molecule has 0 aliphatic carbocycles. The van der Waals surface area contributed by atoms with Crippen molar-refractivity contribution in [1.82, 2.24) is 9.55 Å². The maximum atomic E-state index is 13.9. The molecular weight excluding hydrogens is 265 g/mol. The first-order chi connectivity index (χ1) is 10.0. The molecule has 1 aromatic carbocycles. The van der Waals surface area contributed by atoms with Crippen LogP contribution in [0.25, 0.3) is 11.0 Å². The first-order valence-electron chi connectivity index (χ1n) is 7.94. The van der Waals surface area contributed by atoms with Crippen LogP contribution < -0.4 is 5.73 Å². The van der Waals surface area contributed by atoms with Crippen molar-refractivity contribution in [2.24, 2.45) is 5.73 Å². The van der Waals surface area contributed by atoms with Crippen LogP contribution in [0.3, 0.4) is 0 Å². The molecule has 116 valence electrons. The monoisotopic (exact) mass is 291 g/mol. The van der Waals surface area contributed by atoms with E-state index in [1.807, 2.05) is 13.0 Å². The molecule has 21 heavy (non-hydrogen) atoms. The maximum absolute atomic E-state index is 13.9. The third-order valence-corrected chi connectivity index (χ3v) is 3.94. The number of nitrogens with two attached hydrogens (primary N) is 1. The summed E-state index contributed by atoms with van der Waals surface area (Å²) in [5, 5.41) is 0. The van der Waals surface area contributed by atoms with Gasteiger partial charge in [0, 0.05) is 18.5 Å². The SMILES string of the molecule is CCCn1c(C(C)CCCC(C)N)nc2c(F)cccc21. The molecular formula is C17H26FN3. The molecule has 0 aliphatic heterocycles. The number of imidazole rings is 1. The molecule has 0 bridgehead atoms. The lowest BCUT2D eigenvalue weighted by Gasteiger charge is -2.14. The third-order valence-electron chi connectivity index (χ3n) is 3.94. The molecule has 2 unspecified atom stereocenters. The van der Waals surface area contributed by atoms with Crippen LogP contribution in [0.4, 0.5) is 4.39 Å². The van der Waals surface area contributed by atoms with Gasteiger partial charge in [0.1, 0.15) is 11.3 Å². The molecule has 2 aromatic rings. The second-order valence-electron chi connectivity index (χ2n) is 6.04. The summed E-state index contributed by atoms with van der Waals surface area (Å²) in [6, 6.07) is 5.44. The van der Waals surface area contributed by atoms with Crippen molar-refractivity contribution in [3.8, 4) is 0 Å². The molecule has 0 saturated heterocycles. The standard InChI is InChI=1S/C17H26FN3/c1-4-11-21-15-10-6-9-14(18)16(15)20-17(21)12(2)7-5-8-13(3)19/h6,9-10,12-13H,4-5,7-8,11,19H2,1-3H3. The minimum atomic E-state index is -0.230. The number of para-hydroxylation sites is 1. The molecule has 4 heteroatoms. The highest BCUT2D eigenvalue weighted by Gasteiger charge is 2.18. The van der Waals surface area contributed by atoms with Crippen LogP contribution in [0.2, 0.25) is 0 Å². The van der Waals surface area contributed by atoms with Crippen molar-refractivity contribution in [1.29, 1.82) is 0 Å². The molecule has 1 heterocycles. The molecule has 2 N–H and O–H groups in total.